The van der Waals surface area contributed by atoms with E-state index in [4.69, 9.17) is 16.3 Å². The molecule has 0 radical (unpaired) electrons. The predicted molar refractivity (Wildman–Crippen MR) is 125 cm³/mol. The van der Waals surface area contributed by atoms with Gasteiger partial charge in [0.05, 0.1) is 10.6 Å². The minimum atomic E-state index is -0.447. The van der Waals surface area contributed by atoms with Gasteiger partial charge in [0.1, 0.15) is 5.60 Å². The molecule has 2 fully saturated rings. The minimum absolute atomic E-state index is 0.0819. The zero-order chi connectivity index (χ0) is 22.8. The fourth-order valence-electron chi connectivity index (χ4n) is 4.51. The third-order valence-corrected chi connectivity index (χ3v) is 6.74. The van der Waals surface area contributed by atoms with Gasteiger partial charge in [0.2, 0.25) is 0 Å². The maximum Gasteiger partial charge on any atom is 0.410 e. The molecule has 31 heavy (non-hydrogen) atoms. The van der Waals surface area contributed by atoms with Crippen LogP contribution in [0.2, 0.25) is 5.02 Å². The molecule has 1 aliphatic heterocycles. The number of hydrogen-bond donors (Lipinski definition) is 0. The fraction of sp³-hybridized carbons (Fsp3) is 0.600. The minimum Gasteiger partial charge on any atom is -0.444 e. The van der Waals surface area contributed by atoms with Crippen LogP contribution in [0.3, 0.4) is 0 Å². The van der Waals surface area contributed by atoms with E-state index in [1.165, 1.54) is 10.5 Å². The standard InChI is InChI=1S/C25H35ClN2O3/c1-24(2,3)31-23(30)28-14-12-25(13-15-28)10-8-18(9-11-25)16-19-6-7-20(21(26)17-19)22(29)27(4)5/h6-7,16-17H,8-15H2,1-5H3. The molecule has 2 aliphatic rings. The number of carbonyl (C=O) groups excluding carboxylic acids is 2. The largest absolute Gasteiger partial charge is 0.444 e. The number of likely N-dealkylation sites (tertiary alicyclic amines) is 1. The Morgan fingerprint density at radius 1 is 1.10 bits per heavy atom. The second-order valence-corrected chi connectivity index (χ2v) is 10.6. The molecule has 2 amide bonds. The van der Waals surface area contributed by atoms with Crippen molar-refractivity contribution in [2.75, 3.05) is 27.2 Å². The maximum absolute atomic E-state index is 12.3. The van der Waals surface area contributed by atoms with Gasteiger partial charge >= 0.3 is 6.09 Å². The summed E-state index contributed by atoms with van der Waals surface area (Å²) in [4.78, 5) is 27.9. The Bertz CT molecular complexity index is 850. The molecule has 5 nitrogen and oxygen atoms in total. The lowest BCUT2D eigenvalue weighted by Crippen LogP contribution is -2.45. The van der Waals surface area contributed by atoms with Crippen molar-refractivity contribution in [2.45, 2.75) is 64.9 Å². The number of nitrogens with zero attached hydrogens (tertiary/aromatic N) is 2. The van der Waals surface area contributed by atoms with Crippen LogP contribution in [0.4, 0.5) is 4.79 Å². The molecular weight excluding hydrogens is 412 g/mol. The molecule has 6 heteroatoms. The van der Waals surface area contributed by atoms with Crippen molar-refractivity contribution in [1.82, 2.24) is 9.80 Å². The number of carbonyl (C=O) groups is 2. The van der Waals surface area contributed by atoms with Crippen molar-refractivity contribution in [3.63, 3.8) is 0 Å². The molecule has 1 aliphatic carbocycles. The molecule has 1 aromatic carbocycles. The lowest BCUT2D eigenvalue weighted by molar-refractivity contribution is 0.00628. The van der Waals surface area contributed by atoms with E-state index in [0.29, 0.717) is 16.0 Å². The van der Waals surface area contributed by atoms with E-state index in [2.05, 4.69) is 6.08 Å². The van der Waals surface area contributed by atoms with Crippen molar-refractivity contribution in [1.29, 1.82) is 0 Å². The van der Waals surface area contributed by atoms with E-state index in [1.54, 1.807) is 14.1 Å². The van der Waals surface area contributed by atoms with Crippen LogP contribution in [0.25, 0.3) is 6.08 Å². The van der Waals surface area contributed by atoms with E-state index in [-0.39, 0.29) is 12.0 Å². The van der Waals surface area contributed by atoms with Gasteiger partial charge in [-0.15, -0.1) is 0 Å². The fourth-order valence-corrected chi connectivity index (χ4v) is 4.78. The first-order valence-corrected chi connectivity index (χ1v) is 11.5. The van der Waals surface area contributed by atoms with Gasteiger partial charge in [-0.05, 0) is 82.4 Å². The van der Waals surface area contributed by atoms with E-state index in [9.17, 15) is 9.59 Å². The second kappa shape index (κ2) is 9.23. The van der Waals surface area contributed by atoms with Crippen LogP contribution in [0.5, 0.6) is 0 Å². The van der Waals surface area contributed by atoms with Gasteiger partial charge in [-0.25, -0.2) is 4.79 Å². The highest BCUT2D eigenvalue weighted by molar-refractivity contribution is 6.34. The number of amides is 2. The zero-order valence-corrected chi connectivity index (χ0v) is 20.2. The molecule has 3 rings (SSSR count). The van der Waals surface area contributed by atoms with E-state index >= 15 is 0 Å². The van der Waals surface area contributed by atoms with Gasteiger partial charge in [-0.2, -0.15) is 0 Å². The summed E-state index contributed by atoms with van der Waals surface area (Å²) in [5.41, 5.74) is 2.91. The summed E-state index contributed by atoms with van der Waals surface area (Å²) in [6.45, 7) is 7.29. The summed E-state index contributed by atoms with van der Waals surface area (Å²) in [7, 11) is 3.45. The molecule has 0 N–H and O–H groups in total. The van der Waals surface area contributed by atoms with Crippen molar-refractivity contribution in [3.8, 4) is 0 Å². The Hall–Kier alpha value is -2.01. The van der Waals surface area contributed by atoms with Gasteiger partial charge in [0.15, 0.2) is 0 Å². The highest BCUT2D eigenvalue weighted by Crippen LogP contribution is 2.46. The number of hydrogen-bond acceptors (Lipinski definition) is 3. The first-order valence-electron chi connectivity index (χ1n) is 11.2. The quantitative estimate of drug-likeness (QED) is 0.558. The Kier molecular flexibility index (Phi) is 7.04. The highest BCUT2D eigenvalue weighted by atomic mass is 35.5. The number of benzene rings is 1. The van der Waals surface area contributed by atoms with Crippen molar-refractivity contribution < 1.29 is 14.3 Å². The van der Waals surface area contributed by atoms with Crippen LogP contribution in [-0.2, 0) is 4.74 Å². The van der Waals surface area contributed by atoms with E-state index in [1.807, 2.05) is 43.9 Å². The van der Waals surface area contributed by atoms with E-state index < -0.39 is 5.60 Å². The Morgan fingerprint density at radius 3 is 2.23 bits per heavy atom. The molecule has 170 valence electrons. The van der Waals surface area contributed by atoms with Crippen LogP contribution < -0.4 is 0 Å². The van der Waals surface area contributed by atoms with Crippen LogP contribution in [-0.4, -0.2) is 54.6 Å². The molecule has 1 saturated carbocycles. The average Bonchev–Trinajstić information content (AvgIpc) is 2.69. The summed E-state index contributed by atoms with van der Waals surface area (Å²) in [6.07, 6.45) is 8.59. The topological polar surface area (TPSA) is 49.9 Å². The predicted octanol–water partition coefficient (Wildman–Crippen LogP) is 6.02. The van der Waals surface area contributed by atoms with Gasteiger partial charge in [0, 0.05) is 27.2 Å². The smallest absolute Gasteiger partial charge is 0.410 e. The lowest BCUT2D eigenvalue weighted by Gasteiger charge is -2.44. The molecule has 0 unspecified atom stereocenters. The van der Waals surface area contributed by atoms with Crippen LogP contribution >= 0.6 is 11.6 Å². The Morgan fingerprint density at radius 2 is 1.71 bits per heavy atom. The van der Waals surface area contributed by atoms with Crippen LogP contribution in [0.1, 0.15) is 75.2 Å². The third-order valence-electron chi connectivity index (χ3n) is 6.43. The van der Waals surface area contributed by atoms with Gasteiger partial charge in [-0.1, -0.05) is 29.3 Å². The summed E-state index contributed by atoms with van der Waals surface area (Å²) >= 11 is 6.36. The number of allylic oxidation sites excluding steroid dienone is 1. The summed E-state index contributed by atoms with van der Waals surface area (Å²) in [5, 5.41) is 0.495. The highest BCUT2D eigenvalue weighted by Gasteiger charge is 2.38. The summed E-state index contributed by atoms with van der Waals surface area (Å²) < 4.78 is 5.53. The zero-order valence-electron chi connectivity index (χ0n) is 19.5. The molecule has 1 saturated heterocycles. The number of rotatable bonds is 2. The lowest BCUT2D eigenvalue weighted by atomic mass is 9.67. The normalized spacial score (nSPS) is 18.6. The maximum atomic E-state index is 12.3. The molecule has 0 aromatic heterocycles. The third kappa shape index (κ3) is 6.03. The van der Waals surface area contributed by atoms with Crippen molar-refractivity contribution >= 4 is 29.7 Å². The monoisotopic (exact) mass is 446 g/mol. The number of halogens is 1. The Balaban J connectivity index is 1.56. The van der Waals surface area contributed by atoms with Gasteiger partial charge < -0.3 is 14.5 Å². The molecule has 0 atom stereocenters. The molecule has 1 aromatic rings. The molecular formula is C25H35ClN2O3. The van der Waals surface area contributed by atoms with Crippen molar-refractivity contribution in [3.05, 3.63) is 39.9 Å². The summed E-state index contributed by atoms with van der Waals surface area (Å²) in [5.74, 6) is -0.0819. The van der Waals surface area contributed by atoms with E-state index in [0.717, 1.165) is 57.2 Å². The first kappa shape index (κ1) is 23.6. The van der Waals surface area contributed by atoms with Gasteiger partial charge in [-0.3, -0.25) is 4.79 Å². The second-order valence-electron chi connectivity index (χ2n) is 10.2. The van der Waals surface area contributed by atoms with Crippen LogP contribution in [0.15, 0.2) is 23.8 Å². The number of ether oxygens (including phenoxy) is 1. The first-order chi connectivity index (χ1) is 14.5. The Labute approximate surface area is 191 Å². The average molecular weight is 447 g/mol. The molecule has 1 spiro atoms. The summed E-state index contributed by atoms with van der Waals surface area (Å²) in [6, 6.07) is 5.67. The van der Waals surface area contributed by atoms with Gasteiger partial charge in [0.25, 0.3) is 5.91 Å². The van der Waals surface area contributed by atoms with Crippen molar-refractivity contribution in [2.24, 2.45) is 5.41 Å². The van der Waals surface area contributed by atoms with Crippen LogP contribution in [0, 0.1) is 5.41 Å². The molecule has 1 heterocycles. The molecule has 0 bridgehead atoms. The number of piperidine rings is 1. The SMILES string of the molecule is CN(C)C(=O)c1ccc(C=C2CCC3(CC2)CCN(C(=O)OC(C)(C)C)CC3)cc1Cl.